The molecule has 2 aromatic carbocycles. The lowest BCUT2D eigenvalue weighted by atomic mass is 9.78. The first-order valence-corrected chi connectivity index (χ1v) is 13.3. The molecule has 33 heavy (non-hydrogen) atoms. The molecule has 0 spiro atoms. The van der Waals surface area contributed by atoms with Gasteiger partial charge in [-0.15, -0.1) is 0 Å². The Hall–Kier alpha value is -2.13. The molecule has 1 saturated carbocycles. The van der Waals surface area contributed by atoms with Crippen molar-refractivity contribution in [1.29, 1.82) is 0 Å². The Balaban J connectivity index is 1.35. The Kier molecular flexibility index (Phi) is 6.87. The average Bonchev–Trinajstić information content (AvgIpc) is 2.85. The summed E-state index contributed by atoms with van der Waals surface area (Å²) in [6, 6.07) is 15.6. The van der Waals surface area contributed by atoms with Crippen molar-refractivity contribution in [3.8, 4) is 0 Å². The van der Waals surface area contributed by atoms with Gasteiger partial charge in [0.05, 0.1) is 6.04 Å². The summed E-state index contributed by atoms with van der Waals surface area (Å²) in [4.78, 5) is 16.5. The maximum Gasteiger partial charge on any atom is 0.155 e. The summed E-state index contributed by atoms with van der Waals surface area (Å²) in [6.45, 7) is 6.57. The Morgan fingerprint density at radius 2 is 1.58 bits per heavy atom. The number of nitrogens with zero attached hydrogens (tertiary/aromatic N) is 1. The maximum atomic E-state index is 14.0. The number of piperidine rings is 1. The minimum atomic E-state index is 0.0142. The van der Waals surface area contributed by atoms with Crippen LogP contribution in [0.25, 0.3) is 0 Å². The fraction of sp³-hybridized carbons (Fsp3) is 0.567. The molecule has 2 fully saturated rings. The fourth-order valence-corrected chi connectivity index (χ4v) is 6.90. The molecule has 2 atom stereocenters. The summed E-state index contributed by atoms with van der Waals surface area (Å²) in [5.41, 5.74) is 7.03. The molecule has 3 nitrogen and oxygen atoms in total. The van der Waals surface area contributed by atoms with Crippen LogP contribution in [0.15, 0.2) is 42.5 Å². The van der Waals surface area contributed by atoms with E-state index >= 15 is 0 Å². The molecule has 176 valence electrons. The first-order valence-electron chi connectivity index (χ1n) is 13.3. The second kappa shape index (κ2) is 10.0. The van der Waals surface area contributed by atoms with Gasteiger partial charge in [-0.3, -0.25) is 9.69 Å². The van der Waals surface area contributed by atoms with Crippen molar-refractivity contribution in [1.82, 2.24) is 4.90 Å². The van der Waals surface area contributed by atoms with Crippen molar-refractivity contribution in [2.24, 2.45) is 5.92 Å². The zero-order valence-electron chi connectivity index (χ0n) is 20.5. The second-order valence-corrected chi connectivity index (χ2v) is 10.7. The maximum absolute atomic E-state index is 14.0. The van der Waals surface area contributed by atoms with E-state index in [9.17, 15) is 4.79 Å². The van der Waals surface area contributed by atoms with Crippen molar-refractivity contribution in [2.75, 3.05) is 18.4 Å². The van der Waals surface area contributed by atoms with E-state index in [2.05, 4.69) is 66.5 Å². The lowest BCUT2D eigenvalue weighted by Gasteiger charge is -2.44. The van der Waals surface area contributed by atoms with Gasteiger partial charge < -0.3 is 5.32 Å². The third kappa shape index (κ3) is 4.75. The molecule has 0 aromatic heterocycles. The molecule has 0 bridgehead atoms. The molecule has 2 aliphatic heterocycles. The topological polar surface area (TPSA) is 32.3 Å². The zero-order chi connectivity index (χ0) is 22.8. The molecule has 1 saturated heterocycles. The standard InChI is InChI=1S/C30H40N2O/c1-21-9-8-10-22(2)28(21)24-17-19-32(20-18-24)29(30(33)25-12-4-3-5-13-25)27-16-15-23-11-6-7-14-26(23)31-27/h6-11,14,24-25,27,29,31H,3-5,12-13,15-20H2,1-2H3. The number of likely N-dealkylation sites (tertiary alicyclic amines) is 1. The SMILES string of the molecule is Cc1cccc(C)c1C1CCN(C(C(=O)C2CCCCC2)C2CCc3ccccc3N2)CC1. The molecule has 3 aliphatic rings. The molecule has 1 N–H and O–H groups in total. The molecule has 1 aliphatic carbocycles. The van der Waals surface area contributed by atoms with Crippen LogP contribution in [-0.4, -0.2) is 35.9 Å². The summed E-state index contributed by atoms with van der Waals surface area (Å²) in [5.74, 6) is 1.41. The van der Waals surface area contributed by atoms with E-state index in [4.69, 9.17) is 0 Å². The van der Waals surface area contributed by atoms with Crippen molar-refractivity contribution in [3.63, 3.8) is 0 Å². The van der Waals surface area contributed by atoms with Crippen LogP contribution in [-0.2, 0) is 11.2 Å². The van der Waals surface area contributed by atoms with Gasteiger partial charge in [-0.25, -0.2) is 0 Å². The van der Waals surface area contributed by atoms with Crippen molar-refractivity contribution in [3.05, 3.63) is 64.7 Å². The molecule has 3 heteroatoms. The van der Waals surface area contributed by atoms with Crippen molar-refractivity contribution in [2.45, 2.75) is 89.6 Å². The van der Waals surface area contributed by atoms with Gasteiger partial charge in [0, 0.05) is 17.6 Å². The van der Waals surface area contributed by atoms with Crippen molar-refractivity contribution >= 4 is 11.5 Å². The van der Waals surface area contributed by atoms with Gasteiger partial charge in [-0.2, -0.15) is 0 Å². The zero-order valence-corrected chi connectivity index (χ0v) is 20.5. The Morgan fingerprint density at radius 3 is 2.30 bits per heavy atom. The molecular weight excluding hydrogens is 404 g/mol. The predicted octanol–water partition coefficient (Wildman–Crippen LogP) is 6.43. The second-order valence-electron chi connectivity index (χ2n) is 10.7. The van der Waals surface area contributed by atoms with Gasteiger partial charge in [0.2, 0.25) is 0 Å². The number of para-hydroxylation sites is 1. The van der Waals surface area contributed by atoms with Crippen LogP contribution in [0.5, 0.6) is 0 Å². The van der Waals surface area contributed by atoms with Gasteiger partial charge in [0.25, 0.3) is 0 Å². The number of aryl methyl sites for hydroxylation is 3. The molecule has 2 unspecified atom stereocenters. The number of carbonyl (C=O) groups is 1. The number of Topliss-reactive ketones (excluding diaryl/α,β-unsaturated/α-hetero) is 1. The number of fused-ring (bicyclic) bond motifs is 1. The third-order valence-electron chi connectivity index (χ3n) is 8.64. The first kappa shape index (κ1) is 22.7. The monoisotopic (exact) mass is 444 g/mol. The van der Waals surface area contributed by atoms with E-state index in [1.54, 1.807) is 5.56 Å². The first-order chi connectivity index (χ1) is 16.1. The number of rotatable bonds is 5. The van der Waals surface area contributed by atoms with Crippen LogP contribution >= 0.6 is 0 Å². The minimum Gasteiger partial charge on any atom is -0.380 e. The van der Waals surface area contributed by atoms with Crippen LogP contribution in [0.1, 0.15) is 79.5 Å². The van der Waals surface area contributed by atoms with Gasteiger partial charge in [-0.05, 0) is 99.7 Å². The Labute approximate surface area is 200 Å². The number of hydrogen-bond donors (Lipinski definition) is 1. The van der Waals surface area contributed by atoms with Crippen LogP contribution in [0.3, 0.4) is 0 Å². The molecule has 2 heterocycles. The van der Waals surface area contributed by atoms with Gasteiger partial charge in [0.1, 0.15) is 0 Å². The Bertz CT molecular complexity index is 949. The lowest BCUT2D eigenvalue weighted by Crippen LogP contribution is -2.56. The normalized spacial score (nSPS) is 23.5. The number of benzene rings is 2. The van der Waals surface area contributed by atoms with Crippen LogP contribution < -0.4 is 5.32 Å². The van der Waals surface area contributed by atoms with E-state index in [0.29, 0.717) is 11.7 Å². The summed E-state index contributed by atoms with van der Waals surface area (Å²) in [6.07, 6.45) is 10.4. The van der Waals surface area contributed by atoms with Crippen LogP contribution in [0.2, 0.25) is 0 Å². The number of carbonyl (C=O) groups excluding carboxylic acids is 1. The van der Waals surface area contributed by atoms with E-state index in [-0.39, 0.29) is 18.0 Å². The molecule has 0 radical (unpaired) electrons. The molecule has 5 rings (SSSR count). The van der Waals surface area contributed by atoms with E-state index in [0.717, 1.165) is 51.6 Å². The lowest BCUT2D eigenvalue weighted by molar-refractivity contribution is -0.130. The van der Waals surface area contributed by atoms with Gasteiger partial charge in [-0.1, -0.05) is 55.7 Å². The average molecular weight is 445 g/mol. The van der Waals surface area contributed by atoms with Crippen LogP contribution in [0.4, 0.5) is 5.69 Å². The highest BCUT2D eigenvalue weighted by atomic mass is 16.1. The number of hydrogen-bond acceptors (Lipinski definition) is 3. The number of anilines is 1. The number of nitrogens with one attached hydrogen (secondary N) is 1. The molecular formula is C30H40N2O. The van der Waals surface area contributed by atoms with E-state index in [1.807, 2.05) is 0 Å². The predicted molar refractivity (Wildman–Crippen MR) is 137 cm³/mol. The fourth-order valence-electron chi connectivity index (χ4n) is 6.90. The Morgan fingerprint density at radius 1 is 0.879 bits per heavy atom. The van der Waals surface area contributed by atoms with Gasteiger partial charge in [0.15, 0.2) is 5.78 Å². The highest BCUT2D eigenvalue weighted by Gasteiger charge is 2.40. The minimum absolute atomic E-state index is 0.0142. The molecule has 2 aromatic rings. The highest BCUT2D eigenvalue weighted by Crippen LogP contribution is 2.36. The summed E-state index contributed by atoms with van der Waals surface area (Å²) in [7, 11) is 0. The van der Waals surface area contributed by atoms with E-state index < -0.39 is 0 Å². The summed E-state index contributed by atoms with van der Waals surface area (Å²) < 4.78 is 0. The third-order valence-corrected chi connectivity index (χ3v) is 8.64. The smallest absolute Gasteiger partial charge is 0.155 e. The quantitative estimate of drug-likeness (QED) is 0.577. The largest absolute Gasteiger partial charge is 0.380 e. The van der Waals surface area contributed by atoms with Gasteiger partial charge >= 0.3 is 0 Å². The summed E-state index contributed by atoms with van der Waals surface area (Å²) in [5, 5.41) is 3.81. The summed E-state index contributed by atoms with van der Waals surface area (Å²) >= 11 is 0. The highest BCUT2D eigenvalue weighted by molar-refractivity contribution is 5.88. The van der Waals surface area contributed by atoms with Crippen molar-refractivity contribution < 1.29 is 4.79 Å². The number of ketones is 1. The van der Waals surface area contributed by atoms with E-state index in [1.165, 1.54) is 41.6 Å². The molecule has 0 amide bonds. The van der Waals surface area contributed by atoms with Crippen LogP contribution in [0, 0.1) is 19.8 Å².